The molecule has 1 saturated carbocycles. The Morgan fingerprint density at radius 3 is 2.43 bits per heavy atom. The van der Waals surface area contributed by atoms with E-state index in [9.17, 15) is 17.6 Å². The van der Waals surface area contributed by atoms with Crippen LogP contribution in [0, 0.1) is 11.7 Å². The van der Waals surface area contributed by atoms with E-state index in [0.29, 0.717) is 19.0 Å². The third kappa shape index (κ3) is 4.55. The molecule has 2 aliphatic rings. The summed E-state index contributed by atoms with van der Waals surface area (Å²) in [7, 11) is -3.86. The summed E-state index contributed by atoms with van der Waals surface area (Å²) in [6.45, 7) is 5.43. The second kappa shape index (κ2) is 8.88. The van der Waals surface area contributed by atoms with Crippen molar-refractivity contribution in [2.75, 3.05) is 26.2 Å². The molecule has 28 heavy (non-hydrogen) atoms. The quantitative estimate of drug-likeness (QED) is 0.807. The molecule has 1 saturated heterocycles. The van der Waals surface area contributed by atoms with E-state index < -0.39 is 15.8 Å². The fraction of sp³-hybridized carbons (Fsp3) is 0.650. The van der Waals surface area contributed by atoms with Gasteiger partial charge in [0, 0.05) is 32.2 Å². The van der Waals surface area contributed by atoms with Crippen molar-refractivity contribution in [2.45, 2.75) is 56.5 Å². The van der Waals surface area contributed by atoms with Crippen molar-refractivity contribution in [1.29, 1.82) is 0 Å². The van der Waals surface area contributed by atoms with Gasteiger partial charge in [0.25, 0.3) is 0 Å². The molecule has 1 amide bonds. The third-order valence-electron chi connectivity index (χ3n) is 6.09. The van der Waals surface area contributed by atoms with E-state index in [1.807, 2.05) is 11.8 Å². The van der Waals surface area contributed by atoms with Crippen molar-refractivity contribution in [1.82, 2.24) is 14.5 Å². The second-order valence-corrected chi connectivity index (χ2v) is 9.83. The summed E-state index contributed by atoms with van der Waals surface area (Å²) in [6, 6.07) is 5.35. The topological polar surface area (TPSA) is 69.7 Å². The number of rotatable bonds is 5. The molecular weight excluding hydrogens is 381 g/mol. The molecule has 6 nitrogen and oxygen atoms in total. The van der Waals surface area contributed by atoms with Gasteiger partial charge in [-0.3, -0.25) is 9.69 Å². The van der Waals surface area contributed by atoms with Crippen LogP contribution in [-0.4, -0.2) is 61.8 Å². The molecule has 1 aliphatic heterocycles. The summed E-state index contributed by atoms with van der Waals surface area (Å²) in [5.74, 6) is -0.240. The molecule has 1 N–H and O–H groups in total. The van der Waals surface area contributed by atoms with Crippen LogP contribution in [0.3, 0.4) is 0 Å². The Labute approximate surface area is 167 Å². The molecule has 2 fully saturated rings. The van der Waals surface area contributed by atoms with Crippen molar-refractivity contribution < 1.29 is 17.6 Å². The Morgan fingerprint density at radius 1 is 1.14 bits per heavy atom. The molecule has 0 aromatic heterocycles. The van der Waals surface area contributed by atoms with Crippen molar-refractivity contribution >= 4 is 15.9 Å². The zero-order valence-electron chi connectivity index (χ0n) is 16.6. The van der Waals surface area contributed by atoms with Crippen molar-refractivity contribution in [3.63, 3.8) is 0 Å². The number of hydrogen-bond donors (Lipinski definition) is 1. The van der Waals surface area contributed by atoms with Crippen molar-refractivity contribution in [3.05, 3.63) is 30.1 Å². The summed E-state index contributed by atoms with van der Waals surface area (Å²) in [5.41, 5.74) is 0. The van der Waals surface area contributed by atoms with E-state index >= 15 is 0 Å². The van der Waals surface area contributed by atoms with Crippen molar-refractivity contribution in [2.24, 2.45) is 5.92 Å². The summed E-state index contributed by atoms with van der Waals surface area (Å²) >= 11 is 0. The largest absolute Gasteiger partial charge is 0.352 e. The molecular formula is C20H30FN3O3S. The molecule has 0 spiro atoms. The summed E-state index contributed by atoms with van der Waals surface area (Å²) in [6.07, 6.45) is 4.54. The predicted octanol–water partition coefficient (Wildman–Crippen LogP) is 2.22. The molecule has 1 aromatic carbocycles. The van der Waals surface area contributed by atoms with Crippen LogP contribution in [0.2, 0.25) is 0 Å². The molecule has 0 radical (unpaired) electrons. The first-order chi connectivity index (χ1) is 13.3. The van der Waals surface area contributed by atoms with E-state index in [2.05, 4.69) is 12.2 Å². The van der Waals surface area contributed by atoms with Crippen LogP contribution in [0.15, 0.2) is 29.2 Å². The SMILES string of the molecule is CC1CCCCC1NC(=O)C(C)N1CCN(S(=O)(=O)c2ccccc2F)CC1. The van der Waals surface area contributed by atoms with Gasteiger partial charge in [0.1, 0.15) is 10.7 Å². The summed E-state index contributed by atoms with van der Waals surface area (Å²) in [4.78, 5) is 14.4. The van der Waals surface area contributed by atoms with Crippen LogP contribution >= 0.6 is 0 Å². The van der Waals surface area contributed by atoms with Gasteiger partial charge >= 0.3 is 0 Å². The summed E-state index contributed by atoms with van der Waals surface area (Å²) < 4.78 is 40.6. The van der Waals surface area contributed by atoms with Crippen LogP contribution < -0.4 is 5.32 Å². The third-order valence-corrected chi connectivity index (χ3v) is 8.03. The number of benzene rings is 1. The molecule has 3 rings (SSSR count). The summed E-state index contributed by atoms with van der Waals surface area (Å²) in [5, 5.41) is 3.18. The fourth-order valence-corrected chi connectivity index (χ4v) is 5.61. The number of nitrogens with one attached hydrogen (secondary N) is 1. The fourth-order valence-electron chi connectivity index (χ4n) is 4.12. The maximum atomic E-state index is 13.9. The molecule has 1 aliphatic carbocycles. The molecule has 156 valence electrons. The highest BCUT2D eigenvalue weighted by Crippen LogP contribution is 2.24. The van der Waals surface area contributed by atoms with Gasteiger partial charge in [0.2, 0.25) is 15.9 Å². The molecule has 0 bridgehead atoms. The lowest BCUT2D eigenvalue weighted by atomic mass is 9.86. The van der Waals surface area contributed by atoms with E-state index in [0.717, 1.165) is 25.3 Å². The number of hydrogen-bond acceptors (Lipinski definition) is 4. The first-order valence-electron chi connectivity index (χ1n) is 10.1. The average molecular weight is 412 g/mol. The smallest absolute Gasteiger partial charge is 0.246 e. The maximum absolute atomic E-state index is 13.9. The first kappa shape index (κ1) is 21.2. The lowest BCUT2D eigenvalue weighted by molar-refractivity contribution is -0.127. The number of carbonyl (C=O) groups is 1. The number of amides is 1. The van der Waals surface area contributed by atoms with E-state index in [1.165, 1.54) is 28.9 Å². The molecule has 8 heteroatoms. The molecule has 3 unspecified atom stereocenters. The lowest BCUT2D eigenvalue weighted by Gasteiger charge is -2.38. The highest BCUT2D eigenvalue weighted by Gasteiger charge is 2.34. The highest BCUT2D eigenvalue weighted by atomic mass is 32.2. The van der Waals surface area contributed by atoms with Gasteiger partial charge in [-0.25, -0.2) is 12.8 Å². The monoisotopic (exact) mass is 411 g/mol. The van der Waals surface area contributed by atoms with E-state index in [-0.39, 0.29) is 36.0 Å². The minimum absolute atomic E-state index is 0.00385. The van der Waals surface area contributed by atoms with E-state index in [4.69, 9.17) is 0 Å². The Balaban J connectivity index is 1.57. The molecule has 3 atom stereocenters. The minimum atomic E-state index is -3.86. The Hall–Kier alpha value is -1.51. The van der Waals surface area contributed by atoms with Crippen LogP contribution in [0.25, 0.3) is 0 Å². The lowest BCUT2D eigenvalue weighted by Crippen LogP contribution is -2.56. The van der Waals surface area contributed by atoms with Crippen LogP contribution in [0.4, 0.5) is 4.39 Å². The van der Waals surface area contributed by atoms with Gasteiger partial charge < -0.3 is 5.32 Å². The number of halogens is 1. The van der Waals surface area contributed by atoms with Gasteiger partial charge in [-0.15, -0.1) is 0 Å². The van der Waals surface area contributed by atoms with Crippen LogP contribution in [0.1, 0.15) is 39.5 Å². The maximum Gasteiger partial charge on any atom is 0.246 e. The number of carbonyl (C=O) groups excluding carboxylic acids is 1. The highest BCUT2D eigenvalue weighted by molar-refractivity contribution is 7.89. The number of piperazine rings is 1. The van der Waals surface area contributed by atoms with Gasteiger partial charge in [-0.05, 0) is 37.8 Å². The Bertz CT molecular complexity index is 794. The number of nitrogens with zero attached hydrogens (tertiary/aromatic N) is 2. The van der Waals surface area contributed by atoms with E-state index in [1.54, 1.807) is 0 Å². The average Bonchev–Trinajstić information content (AvgIpc) is 2.69. The first-order valence-corrected chi connectivity index (χ1v) is 11.5. The van der Waals surface area contributed by atoms with Gasteiger partial charge in [-0.2, -0.15) is 4.31 Å². The van der Waals surface area contributed by atoms with Crippen LogP contribution in [-0.2, 0) is 14.8 Å². The van der Waals surface area contributed by atoms with Gasteiger partial charge in [0.05, 0.1) is 6.04 Å². The molecule has 1 heterocycles. The Morgan fingerprint density at radius 2 is 1.79 bits per heavy atom. The van der Waals surface area contributed by atoms with Gasteiger partial charge in [0.15, 0.2) is 0 Å². The normalized spacial score (nSPS) is 26.0. The zero-order chi connectivity index (χ0) is 20.3. The number of sulfonamides is 1. The minimum Gasteiger partial charge on any atom is -0.352 e. The Kier molecular flexibility index (Phi) is 6.73. The van der Waals surface area contributed by atoms with Crippen molar-refractivity contribution in [3.8, 4) is 0 Å². The van der Waals surface area contributed by atoms with Crippen LogP contribution in [0.5, 0.6) is 0 Å². The zero-order valence-corrected chi connectivity index (χ0v) is 17.4. The predicted molar refractivity (Wildman–Crippen MR) is 106 cm³/mol. The molecule has 1 aromatic rings. The standard InChI is InChI=1S/C20H30FN3O3S/c1-15-7-3-5-9-18(15)22-20(25)16(2)23-11-13-24(14-12-23)28(26,27)19-10-6-4-8-17(19)21/h4,6,8,10,15-16,18H,3,5,7,9,11-14H2,1-2H3,(H,22,25). The van der Waals surface area contributed by atoms with Gasteiger partial charge in [-0.1, -0.05) is 31.9 Å². The second-order valence-electron chi connectivity index (χ2n) is 7.92.